The highest BCUT2D eigenvalue weighted by molar-refractivity contribution is 4.84. The Hall–Kier alpha value is -0.120. The molecule has 3 heteroatoms. The van der Waals surface area contributed by atoms with Gasteiger partial charge in [-0.1, -0.05) is 13.3 Å². The standard InChI is InChI=1S/C16H35N3/c1-7-9-14(12-17-16(2,3)4)19(6)15-10-8-11-18(5)13-15/h14-15,17H,7-13H2,1-6H3. The Morgan fingerprint density at radius 2 is 2.05 bits per heavy atom. The average Bonchev–Trinajstić information content (AvgIpc) is 2.32. The van der Waals surface area contributed by atoms with Crippen molar-refractivity contribution in [2.75, 3.05) is 33.7 Å². The Morgan fingerprint density at radius 3 is 2.58 bits per heavy atom. The lowest BCUT2D eigenvalue weighted by atomic mass is 10.0. The van der Waals surface area contributed by atoms with E-state index in [-0.39, 0.29) is 5.54 Å². The van der Waals surface area contributed by atoms with E-state index in [1.807, 2.05) is 0 Å². The maximum Gasteiger partial charge on any atom is 0.0223 e. The molecule has 0 bridgehead atoms. The topological polar surface area (TPSA) is 18.5 Å². The minimum absolute atomic E-state index is 0.218. The normalized spacial score (nSPS) is 23.8. The number of nitrogens with zero attached hydrogens (tertiary/aromatic N) is 2. The van der Waals surface area contributed by atoms with Gasteiger partial charge in [-0.25, -0.2) is 0 Å². The lowest BCUT2D eigenvalue weighted by Crippen LogP contribution is -2.53. The number of hydrogen-bond donors (Lipinski definition) is 1. The van der Waals surface area contributed by atoms with Gasteiger partial charge in [-0.05, 0) is 60.7 Å². The lowest BCUT2D eigenvalue weighted by Gasteiger charge is -2.41. The molecule has 3 nitrogen and oxygen atoms in total. The van der Waals surface area contributed by atoms with Gasteiger partial charge in [0.1, 0.15) is 0 Å². The summed E-state index contributed by atoms with van der Waals surface area (Å²) in [6.45, 7) is 12.7. The fraction of sp³-hybridized carbons (Fsp3) is 1.00. The number of piperidine rings is 1. The monoisotopic (exact) mass is 269 g/mol. The maximum atomic E-state index is 3.68. The van der Waals surface area contributed by atoms with Crippen LogP contribution in [0.1, 0.15) is 53.4 Å². The van der Waals surface area contributed by atoms with Crippen LogP contribution < -0.4 is 5.32 Å². The first-order valence-corrected chi connectivity index (χ1v) is 7.99. The van der Waals surface area contributed by atoms with E-state index in [0.29, 0.717) is 6.04 Å². The molecule has 0 amide bonds. The molecule has 1 rings (SSSR count). The molecule has 1 aliphatic rings. The predicted octanol–water partition coefficient (Wildman–Crippen LogP) is 2.57. The van der Waals surface area contributed by atoms with E-state index in [2.05, 4.69) is 56.9 Å². The molecule has 0 spiro atoms. The van der Waals surface area contributed by atoms with Gasteiger partial charge in [0.25, 0.3) is 0 Å². The molecule has 114 valence electrons. The highest BCUT2D eigenvalue weighted by Crippen LogP contribution is 2.18. The zero-order chi connectivity index (χ0) is 14.5. The van der Waals surface area contributed by atoms with Crippen LogP contribution in [0.3, 0.4) is 0 Å². The molecule has 0 aromatic heterocycles. The highest BCUT2D eigenvalue weighted by Gasteiger charge is 2.26. The molecule has 1 aliphatic heterocycles. The molecular weight excluding hydrogens is 234 g/mol. The third-order valence-electron chi connectivity index (χ3n) is 4.24. The van der Waals surface area contributed by atoms with Gasteiger partial charge in [0.15, 0.2) is 0 Å². The van der Waals surface area contributed by atoms with Crippen LogP contribution in [-0.2, 0) is 0 Å². The van der Waals surface area contributed by atoms with Crippen molar-refractivity contribution in [2.24, 2.45) is 0 Å². The summed E-state index contributed by atoms with van der Waals surface area (Å²) in [5, 5.41) is 3.68. The van der Waals surface area contributed by atoms with E-state index in [1.165, 1.54) is 38.8 Å². The number of likely N-dealkylation sites (N-methyl/N-ethyl adjacent to an activating group) is 2. The summed E-state index contributed by atoms with van der Waals surface area (Å²) in [5.41, 5.74) is 0.218. The molecule has 0 aromatic rings. The zero-order valence-corrected chi connectivity index (χ0v) is 14.0. The molecular formula is C16H35N3. The van der Waals surface area contributed by atoms with Crippen LogP contribution in [0, 0.1) is 0 Å². The molecule has 1 N–H and O–H groups in total. The zero-order valence-electron chi connectivity index (χ0n) is 14.0. The summed E-state index contributed by atoms with van der Waals surface area (Å²) >= 11 is 0. The summed E-state index contributed by atoms with van der Waals surface area (Å²) in [6, 6.07) is 1.40. The highest BCUT2D eigenvalue weighted by atomic mass is 15.2. The van der Waals surface area contributed by atoms with Gasteiger partial charge in [-0.15, -0.1) is 0 Å². The second-order valence-electron chi connectivity index (χ2n) is 7.30. The summed E-state index contributed by atoms with van der Waals surface area (Å²) in [4.78, 5) is 5.11. The largest absolute Gasteiger partial charge is 0.311 e. The number of rotatable bonds is 6. The third-order valence-corrected chi connectivity index (χ3v) is 4.24. The number of likely N-dealkylation sites (tertiary alicyclic amines) is 1. The van der Waals surface area contributed by atoms with Gasteiger partial charge in [-0.2, -0.15) is 0 Å². The van der Waals surface area contributed by atoms with Gasteiger partial charge in [-0.3, -0.25) is 4.90 Å². The average molecular weight is 269 g/mol. The Labute approximate surface area is 120 Å². The molecule has 1 saturated heterocycles. The smallest absolute Gasteiger partial charge is 0.0223 e. The fourth-order valence-electron chi connectivity index (χ4n) is 2.98. The van der Waals surface area contributed by atoms with Gasteiger partial charge >= 0.3 is 0 Å². The predicted molar refractivity (Wildman–Crippen MR) is 84.7 cm³/mol. The summed E-state index contributed by atoms with van der Waals surface area (Å²) < 4.78 is 0. The summed E-state index contributed by atoms with van der Waals surface area (Å²) in [5.74, 6) is 0. The fourth-order valence-corrected chi connectivity index (χ4v) is 2.98. The van der Waals surface area contributed by atoms with Gasteiger partial charge in [0.2, 0.25) is 0 Å². The van der Waals surface area contributed by atoms with Crippen LogP contribution in [-0.4, -0.2) is 61.2 Å². The molecule has 2 atom stereocenters. The van der Waals surface area contributed by atoms with Gasteiger partial charge in [0, 0.05) is 30.7 Å². The van der Waals surface area contributed by atoms with Crippen LogP contribution in [0.2, 0.25) is 0 Å². The van der Waals surface area contributed by atoms with Crippen molar-refractivity contribution < 1.29 is 0 Å². The molecule has 2 unspecified atom stereocenters. The first-order valence-electron chi connectivity index (χ1n) is 7.99. The first kappa shape index (κ1) is 16.9. The minimum Gasteiger partial charge on any atom is -0.311 e. The molecule has 1 heterocycles. The summed E-state index contributed by atoms with van der Waals surface area (Å²) in [6.07, 6.45) is 5.26. The SMILES string of the molecule is CCCC(CNC(C)(C)C)N(C)C1CCCN(C)C1. The van der Waals surface area contributed by atoms with E-state index in [0.717, 1.165) is 12.6 Å². The van der Waals surface area contributed by atoms with Crippen LogP contribution in [0.15, 0.2) is 0 Å². The Bertz CT molecular complexity index is 247. The molecule has 0 radical (unpaired) electrons. The first-order chi connectivity index (χ1) is 8.83. The second kappa shape index (κ2) is 7.61. The van der Waals surface area contributed by atoms with Crippen molar-refractivity contribution in [3.8, 4) is 0 Å². The molecule has 0 aromatic carbocycles. The van der Waals surface area contributed by atoms with E-state index >= 15 is 0 Å². The maximum absolute atomic E-state index is 3.68. The molecule has 0 saturated carbocycles. The van der Waals surface area contributed by atoms with Crippen molar-refractivity contribution in [1.82, 2.24) is 15.1 Å². The summed E-state index contributed by atoms with van der Waals surface area (Å²) in [7, 11) is 4.58. The van der Waals surface area contributed by atoms with Gasteiger partial charge in [0.05, 0.1) is 0 Å². The van der Waals surface area contributed by atoms with E-state index < -0.39 is 0 Å². The van der Waals surface area contributed by atoms with Crippen molar-refractivity contribution in [1.29, 1.82) is 0 Å². The van der Waals surface area contributed by atoms with Crippen molar-refractivity contribution in [3.63, 3.8) is 0 Å². The van der Waals surface area contributed by atoms with Crippen molar-refractivity contribution >= 4 is 0 Å². The van der Waals surface area contributed by atoms with Crippen LogP contribution in [0.5, 0.6) is 0 Å². The van der Waals surface area contributed by atoms with Gasteiger partial charge < -0.3 is 10.2 Å². The molecule has 0 aliphatic carbocycles. The van der Waals surface area contributed by atoms with Crippen molar-refractivity contribution in [2.45, 2.75) is 71.0 Å². The van der Waals surface area contributed by atoms with Crippen LogP contribution in [0.25, 0.3) is 0 Å². The third kappa shape index (κ3) is 6.24. The van der Waals surface area contributed by atoms with E-state index in [1.54, 1.807) is 0 Å². The Balaban J connectivity index is 2.53. The number of hydrogen-bond acceptors (Lipinski definition) is 3. The van der Waals surface area contributed by atoms with Crippen LogP contribution in [0.4, 0.5) is 0 Å². The van der Waals surface area contributed by atoms with E-state index in [4.69, 9.17) is 0 Å². The van der Waals surface area contributed by atoms with Crippen LogP contribution >= 0.6 is 0 Å². The van der Waals surface area contributed by atoms with E-state index in [9.17, 15) is 0 Å². The second-order valence-corrected chi connectivity index (χ2v) is 7.30. The Kier molecular flexibility index (Phi) is 6.78. The van der Waals surface area contributed by atoms with Crippen molar-refractivity contribution in [3.05, 3.63) is 0 Å². The quantitative estimate of drug-likeness (QED) is 0.799. The molecule has 1 fully saturated rings. The molecule has 19 heavy (non-hydrogen) atoms. The minimum atomic E-state index is 0.218. The lowest BCUT2D eigenvalue weighted by molar-refractivity contribution is 0.0904. The number of nitrogens with one attached hydrogen (secondary N) is 1. The Morgan fingerprint density at radius 1 is 1.37 bits per heavy atom.